The SMILES string of the molecule is C=CCOC[C@@H](O)CN(Cc1ccccc1)Cc1cccn1Cc1ccccc1F. The maximum Gasteiger partial charge on any atom is 0.128 e. The van der Waals surface area contributed by atoms with Crippen molar-refractivity contribution >= 4 is 0 Å². The van der Waals surface area contributed by atoms with Gasteiger partial charge in [-0.25, -0.2) is 4.39 Å². The molecule has 30 heavy (non-hydrogen) atoms. The van der Waals surface area contributed by atoms with Crippen molar-refractivity contribution in [3.8, 4) is 0 Å². The first kappa shape index (κ1) is 22.0. The van der Waals surface area contributed by atoms with Crippen LogP contribution in [0.2, 0.25) is 0 Å². The van der Waals surface area contributed by atoms with Crippen LogP contribution in [-0.4, -0.2) is 40.4 Å². The average Bonchev–Trinajstić information content (AvgIpc) is 3.17. The van der Waals surface area contributed by atoms with Gasteiger partial charge in [0.05, 0.1) is 25.9 Å². The van der Waals surface area contributed by atoms with Gasteiger partial charge in [0.25, 0.3) is 0 Å². The summed E-state index contributed by atoms with van der Waals surface area (Å²) in [4.78, 5) is 2.18. The minimum absolute atomic E-state index is 0.201. The van der Waals surface area contributed by atoms with Crippen molar-refractivity contribution in [3.05, 3.63) is 108 Å². The predicted octanol–water partition coefficient (Wildman–Crippen LogP) is 4.24. The van der Waals surface area contributed by atoms with Crippen molar-refractivity contribution < 1.29 is 14.2 Å². The monoisotopic (exact) mass is 408 g/mol. The van der Waals surface area contributed by atoms with Crippen LogP contribution in [0.1, 0.15) is 16.8 Å². The first-order valence-electron chi connectivity index (χ1n) is 10.2. The minimum atomic E-state index is -0.608. The highest BCUT2D eigenvalue weighted by Crippen LogP contribution is 2.15. The molecule has 0 amide bonds. The van der Waals surface area contributed by atoms with E-state index in [-0.39, 0.29) is 12.4 Å². The third-order valence-corrected chi connectivity index (χ3v) is 4.87. The van der Waals surface area contributed by atoms with Crippen LogP contribution >= 0.6 is 0 Å². The van der Waals surface area contributed by atoms with Crippen molar-refractivity contribution in [1.82, 2.24) is 9.47 Å². The Morgan fingerprint density at radius 3 is 2.57 bits per heavy atom. The molecule has 3 aromatic rings. The molecule has 0 bridgehead atoms. The minimum Gasteiger partial charge on any atom is -0.389 e. The molecule has 0 fully saturated rings. The molecular formula is C25H29FN2O2. The van der Waals surface area contributed by atoms with E-state index in [4.69, 9.17) is 4.74 Å². The number of benzene rings is 2. The molecule has 0 unspecified atom stereocenters. The summed E-state index contributed by atoms with van der Waals surface area (Å²) in [6.07, 6.45) is 3.03. The molecule has 0 radical (unpaired) electrons. The molecule has 0 spiro atoms. The zero-order valence-electron chi connectivity index (χ0n) is 17.2. The number of aliphatic hydroxyl groups excluding tert-OH is 1. The molecule has 3 rings (SSSR count). The topological polar surface area (TPSA) is 37.6 Å². The van der Waals surface area contributed by atoms with Crippen molar-refractivity contribution in [2.24, 2.45) is 0 Å². The van der Waals surface area contributed by atoms with Gasteiger partial charge in [-0.2, -0.15) is 0 Å². The summed E-state index contributed by atoms with van der Waals surface area (Å²) in [5, 5.41) is 10.4. The van der Waals surface area contributed by atoms with Crippen LogP contribution < -0.4 is 0 Å². The number of aliphatic hydroxyl groups is 1. The van der Waals surface area contributed by atoms with Crippen LogP contribution in [0.25, 0.3) is 0 Å². The molecule has 2 aromatic carbocycles. The van der Waals surface area contributed by atoms with Gasteiger partial charge in [0.2, 0.25) is 0 Å². The second-order valence-electron chi connectivity index (χ2n) is 7.35. The molecule has 0 aliphatic heterocycles. The fraction of sp³-hybridized carbons (Fsp3) is 0.280. The summed E-state index contributed by atoms with van der Waals surface area (Å²) < 4.78 is 21.6. The normalized spacial score (nSPS) is 12.2. The fourth-order valence-electron chi connectivity index (χ4n) is 3.45. The highest BCUT2D eigenvalue weighted by Gasteiger charge is 2.15. The Kier molecular flexibility index (Phi) is 8.39. The molecule has 1 heterocycles. The maximum atomic E-state index is 14.1. The molecule has 1 N–H and O–H groups in total. The predicted molar refractivity (Wildman–Crippen MR) is 118 cm³/mol. The standard InChI is InChI=1S/C25H29FN2O2/c1-2-15-30-20-24(29)19-27(16-21-9-4-3-5-10-21)18-23-12-8-14-28(23)17-22-11-6-7-13-25(22)26/h2-14,24,29H,1,15-20H2/t24-/m0/s1. The Morgan fingerprint density at radius 2 is 1.80 bits per heavy atom. The van der Waals surface area contributed by atoms with E-state index in [0.29, 0.717) is 38.3 Å². The summed E-state index contributed by atoms with van der Waals surface area (Å²) in [5.74, 6) is -0.201. The van der Waals surface area contributed by atoms with Crippen molar-refractivity contribution in [1.29, 1.82) is 0 Å². The Morgan fingerprint density at radius 1 is 1.03 bits per heavy atom. The molecular weight excluding hydrogens is 379 g/mol. The lowest BCUT2D eigenvalue weighted by Crippen LogP contribution is -2.35. The largest absolute Gasteiger partial charge is 0.389 e. The summed E-state index contributed by atoms with van der Waals surface area (Å²) in [6.45, 7) is 6.58. The number of ether oxygens (including phenoxy) is 1. The molecule has 0 aliphatic rings. The van der Waals surface area contributed by atoms with E-state index in [2.05, 4.69) is 28.2 Å². The van der Waals surface area contributed by atoms with E-state index < -0.39 is 6.10 Å². The number of halogens is 1. The van der Waals surface area contributed by atoms with Crippen molar-refractivity contribution in [2.45, 2.75) is 25.7 Å². The summed E-state index contributed by atoms with van der Waals surface area (Å²) in [7, 11) is 0. The van der Waals surface area contributed by atoms with Crippen LogP contribution in [0.4, 0.5) is 4.39 Å². The van der Waals surface area contributed by atoms with E-state index >= 15 is 0 Å². The van der Waals surface area contributed by atoms with E-state index in [1.165, 1.54) is 11.6 Å². The lowest BCUT2D eigenvalue weighted by molar-refractivity contribution is 0.0224. The van der Waals surface area contributed by atoms with E-state index in [1.54, 1.807) is 12.1 Å². The van der Waals surface area contributed by atoms with Crippen LogP contribution in [0, 0.1) is 5.82 Å². The van der Waals surface area contributed by atoms with Gasteiger partial charge in [0.15, 0.2) is 0 Å². The van der Waals surface area contributed by atoms with Crippen molar-refractivity contribution in [3.63, 3.8) is 0 Å². The quantitative estimate of drug-likeness (QED) is 0.360. The molecule has 1 aromatic heterocycles. The highest BCUT2D eigenvalue weighted by atomic mass is 19.1. The third-order valence-electron chi connectivity index (χ3n) is 4.87. The number of hydrogen-bond acceptors (Lipinski definition) is 3. The zero-order chi connectivity index (χ0) is 21.2. The molecule has 158 valence electrons. The van der Waals surface area contributed by atoms with Gasteiger partial charge in [-0.1, -0.05) is 54.6 Å². The van der Waals surface area contributed by atoms with E-state index in [0.717, 1.165) is 5.69 Å². The highest BCUT2D eigenvalue weighted by molar-refractivity contribution is 5.20. The number of nitrogens with zero attached hydrogens (tertiary/aromatic N) is 2. The molecule has 4 nitrogen and oxygen atoms in total. The zero-order valence-corrected chi connectivity index (χ0v) is 17.2. The first-order valence-corrected chi connectivity index (χ1v) is 10.2. The van der Waals surface area contributed by atoms with Crippen LogP contribution in [0.5, 0.6) is 0 Å². The van der Waals surface area contributed by atoms with Crippen LogP contribution in [0.15, 0.2) is 85.6 Å². The molecule has 0 aliphatic carbocycles. The Hall–Kier alpha value is -2.73. The van der Waals surface area contributed by atoms with Gasteiger partial charge < -0.3 is 14.4 Å². The van der Waals surface area contributed by atoms with E-state index in [1.807, 2.05) is 48.7 Å². The van der Waals surface area contributed by atoms with Crippen LogP contribution in [-0.2, 0) is 24.4 Å². The Bertz CT molecular complexity index is 910. The van der Waals surface area contributed by atoms with E-state index in [9.17, 15) is 9.50 Å². The molecule has 0 saturated carbocycles. The smallest absolute Gasteiger partial charge is 0.128 e. The number of hydrogen-bond donors (Lipinski definition) is 1. The van der Waals surface area contributed by atoms with Gasteiger partial charge in [0, 0.05) is 37.1 Å². The maximum absolute atomic E-state index is 14.1. The van der Waals surface area contributed by atoms with Gasteiger partial charge in [-0.3, -0.25) is 4.90 Å². The summed E-state index contributed by atoms with van der Waals surface area (Å²) in [5.41, 5.74) is 2.89. The molecule has 0 saturated heterocycles. The lowest BCUT2D eigenvalue weighted by Gasteiger charge is -2.26. The second-order valence-corrected chi connectivity index (χ2v) is 7.35. The van der Waals surface area contributed by atoms with Crippen molar-refractivity contribution in [2.75, 3.05) is 19.8 Å². The third kappa shape index (κ3) is 6.66. The van der Waals surface area contributed by atoms with Gasteiger partial charge >= 0.3 is 0 Å². The number of rotatable bonds is 12. The Balaban J connectivity index is 1.71. The summed E-state index contributed by atoms with van der Waals surface area (Å²) in [6, 6.07) is 21.0. The molecule has 1 atom stereocenters. The van der Waals surface area contributed by atoms with Gasteiger partial charge in [0.1, 0.15) is 5.82 Å². The van der Waals surface area contributed by atoms with Gasteiger partial charge in [-0.05, 0) is 23.8 Å². The number of aromatic nitrogens is 1. The first-order chi connectivity index (χ1) is 14.7. The summed E-state index contributed by atoms with van der Waals surface area (Å²) >= 11 is 0. The second kappa shape index (κ2) is 11.5. The van der Waals surface area contributed by atoms with Gasteiger partial charge in [-0.15, -0.1) is 6.58 Å². The Labute approximate surface area is 177 Å². The van der Waals surface area contributed by atoms with Crippen LogP contribution in [0.3, 0.4) is 0 Å². The fourth-order valence-corrected chi connectivity index (χ4v) is 3.45. The molecule has 5 heteroatoms. The lowest BCUT2D eigenvalue weighted by atomic mass is 10.2. The average molecular weight is 409 g/mol.